The van der Waals surface area contributed by atoms with Crippen LogP contribution in [0.3, 0.4) is 0 Å². The third kappa shape index (κ3) is 4.44. The lowest BCUT2D eigenvalue weighted by Gasteiger charge is -2.35. The molecule has 1 aromatic heterocycles. The molecule has 4 rings (SSSR count). The number of aromatic nitrogens is 2. The lowest BCUT2D eigenvalue weighted by molar-refractivity contribution is 0.373. The summed E-state index contributed by atoms with van der Waals surface area (Å²) < 4.78 is 33.4. The first-order valence-electron chi connectivity index (χ1n) is 10.5. The molecule has 3 heterocycles. The Morgan fingerprint density at radius 2 is 1.48 bits per heavy atom. The number of benzene rings is 1. The Hall–Kier alpha value is -2.10. The van der Waals surface area contributed by atoms with Crippen LogP contribution in [-0.4, -0.2) is 69.1 Å². The highest BCUT2D eigenvalue weighted by Crippen LogP contribution is 2.33. The van der Waals surface area contributed by atoms with Crippen molar-refractivity contribution in [3.05, 3.63) is 34.6 Å². The minimum Gasteiger partial charge on any atom is -0.495 e. The molecule has 0 bridgehead atoms. The van der Waals surface area contributed by atoms with Gasteiger partial charge in [-0.15, -0.1) is 0 Å². The smallest absolute Gasteiger partial charge is 0.246 e. The Labute approximate surface area is 188 Å². The maximum Gasteiger partial charge on any atom is 0.246 e. The summed E-state index contributed by atoms with van der Waals surface area (Å²) in [5.74, 6) is 2.84. The van der Waals surface area contributed by atoms with Gasteiger partial charge in [0.25, 0.3) is 0 Å². The van der Waals surface area contributed by atoms with E-state index in [0.29, 0.717) is 37.0 Å². The van der Waals surface area contributed by atoms with Crippen molar-refractivity contribution in [1.82, 2.24) is 14.3 Å². The fraction of sp³-hybridized carbons (Fsp3) is 0.524. The fourth-order valence-corrected chi connectivity index (χ4v) is 5.92. The van der Waals surface area contributed by atoms with Crippen molar-refractivity contribution < 1.29 is 13.2 Å². The summed E-state index contributed by atoms with van der Waals surface area (Å²) in [4.78, 5) is 13.7. The Balaban J connectivity index is 1.52. The number of sulfonamides is 1. The Morgan fingerprint density at radius 1 is 0.903 bits per heavy atom. The van der Waals surface area contributed by atoms with E-state index in [2.05, 4.69) is 19.8 Å². The van der Waals surface area contributed by atoms with E-state index in [4.69, 9.17) is 16.3 Å². The van der Waals surface area contributed by atoms with Gasteiger partial charge in [0.05, 0.1) is 7.11 Å². The molecular formula is C21H28ClN5O3S. The molecule has 168 valence electrons. The number of aryl methyl sites for hydroxylation is 2. The molecule has 1 aromatic carbocycles. The van der Waals surface area contributed by atoms with E-state index in [9.17, 15) is 8.42 Å². The lowest BCUT2D eigenvalue weighted by Crippen LogP contribution is -2.49. The predicted molar refractivity (Wildman–Crippen MR) is 122 cm³/mol. The number of nitrogens with zero attached hydrogens (tertiary/aromatic N) is 5. The summed E-state index contributed by atoms with van der Waals surface area (Å²) in [5, 5.41) is 0.406. The average molecular weight is 466 g/mol. The highest BCUT2D eigenvalue weighted by atomic mass is 35.5. The summed E-state index contributed by atoms with van der Waals surface area (Å²) >= 11 is 6.21. The maximum absolute atomic E-state index is 13.3. The largest absolute Gasteiger partial charge is 0.495 e. The monoisotopic (exact) mass is 465 g/mol. The average Bonchev–Trinajstić information content (AvgIpc) is 3.30. The van der Waals surface area contributed by atoms with Gasteiger partial charge in [-0.1, -0.05) is 11.6 Å². The molecule has 8 nitrogen and oxygen atoms in total. The molecule has 10 heteroatoms. The zero-order valence-corrected chi connectivity index (χ0v) is 19.7. The van der Waals surface area contributed by atoms with Crippen molar-refractivity contribution in [2.45, 2.75) is 31.6 Å². The number of anilines is 2. The van der Waals surface area contributed by atoms with Crippen LogP contribution in [0.1, 0.15) is 24.2 Å². The number of ether oxygens (including phenoxy) is 1. The molecule has 0 saturated carbocycles. The van der Waals surface area contributed by atoms with Gasteiger partial charge < -0.3 is 14.5 Å². The van der Waals surface area contributed by atoms with E-state index in [1.807, 2.05) is 19.9 Å². The molecule has 0 atom stereocenters. The predicted octanol–water partition coefficient (Wildman–Crippen LogP) is 2.87. The molecule has 0 amide bonds. The molecule has 2 aromatic rings. The van der Waals surface area contributed by atoms with Gasteiger partial charge in [-0.05, 0) is 44.4 Å². The molecule has 0 unspecified atom stereocenters. The summed E-state index contributed by atoms with van der Waals surface area (Å²) in [7, 11) is -2.26. The minimum atomic E-state index is -3.72. The highest BCUT2D eigenvalue weighted by Gasteiger charge is 2.32. The van der Waals surface area contributed by atoms with Crippen LogP contribution >= 0.6 is 11.6 Å². The SMILES string of the molecule is COc1cc(C)c(Cl)cc1S(=O)(=O)N1CCN(c2cc(N3CCCC3)nc(C)n2)CC1. The zero-order valence-electron chi connectivity index (χ0n) is 18.1. The van der Waals surface area contributed by atoms with E-state index < -0.39 is 10.0 Å². The number of piperazine rings is 1. The minimum absolute atomic E-state index is 0.105. The van der Waals surface area contributed by atoms with Crippen LogP contribution < -0.4 is 14.5 Å². The first kappa shape index (κ1) is 22.1. The maximum atomic E-state index is 13.3. The Bertz CT molecular complexity index is 1060. The van der Waals surface area contributed by atoms with Crippen LogP contribution in [0.2, 0.25) is 5.02 Å². The van der Waals surface area contributed by atoms with Gasteiger partial charge in [-0.2, -0.15) is 4.31 Å². The van der Waals surface area contributed by atoms with Crippen molar-refractivity contribution in [2.24, 2.45) is 0 Å². The van der Waals surface area contributed by atoms with E-state index in [1.54, 1.807) is 6.07 Å². The highest BCUT2D eigenvalue weighted by molar-refractivity contribution is 7.89. The molecule has 2 aliphatic rings. The van der Waals surface area contributed by atoms with Gasteiger partial charge in [-0.3, -0.25) is 0 Å². The van der Waals surface area contributed by atoms with Crippen LogP contribution in [0, 0.1) is 13.8 Å². The van der Waals surface area contributed by atoms with Crippen LogP contribution in [0.15, 0.2) is 23.1 Å². The van der Waals surface area contributed by atoms with E-state index in [0.717, 1.165) is 36.1 Å². The Kier molecular flexibility index (Phi) is 6.27. The third-order valence-corrected chi connectivity index (χ3v) is 8.19. The molecule has 0 aliphatic carbocycles. The van der Waals surface area contributed by atoms with E-state index in [1.165, 1.54) is 30.3 Å². The number of rotatable bonds is 5. The first-order chi connectivity index (χ1) is 14.8. The molecular weight excluding hydrogens is 438 g/mol. The molecule has 0 spiro atoms. The number of methoxy groups -OCH3 is 1. The molecule has 0 N–H and O–H groups in total. The first-order valence-corrected chi connectivity index (χ1v) is 12.3. The normalized spacial score (nSPS) is 17.9. The second-order valence-corrected chi connectivity index (χ2v) is 10.3. The third-order valence-electron chi connectivity index (χ3n) is 5.87. The second kappa shape index (κ2) is 8.80. The fourth-order valence-electron chi connectivity index (χ4n) is 4.10. The van der Waals surface area contributed by atoms with Crippen LogP contribution in [-0.2, 0) is 10.0 Å². The van der Waals surface area contributed by atoms with E-state index >= 15 is 0 Å². The summed E-state index contributed by atoms with van der Waals surface area (Å²) in [6.45, 7) is 7.58. The van der Waals surface area contributed by atoms with Gasteiger partial charge in [0, 0.05) is 50.4 Å². The van der Waals surface area contributed by atoms with Gasteiger partial charge in [0.1, 0.15) is 28.1 Å². The summed E-state index contributed by atoms with van der Waals surface area (Å²) in [6, 6.07) is 5.16. The number of halogens is 1. The standard InChI is InChI=1S/C21H28ClN5O3S/c1-15-12-18(30-3)19(13-17(15)22)31(28,29)27-10-8-26(9-11-27)21-14-20(23-16(2)24-21)25-6-4-5-7-25/h12-14H,4-11H2,1-3H3. The van der Waals surface area contributed by atoms with Crippen LogP contribution in [0.5, 0.6) is 5.75 Å². The number of hydrogen-bond acceptors (Lipinski definition) is 7. The quantitative estimate of drug-likeness (QED) is 0.671. The van der Waals surface area contributed by atoms with Crippen molar-refractivity contribution in [2.75, 3.05) is 56.2 Å². The van der Waals surface area contributed by atoms with Crippen molar-refractivity contribution in [3.63, 3.8) is 0 Å². The summed E-state index contributed by atoms with van der Waals surface area (Å²) in [6.07, 6.45) is 2.36. The van der Waals surface area contributed by atoms with Crippen molar-refractivity contribution in [3.8, 4) is 5.75 Å². The van der Waals surface area contributed by atoms with Gasteiger partial charge in [-0.25, -0.2) is 18.4 Å². The van der Waals surface area contributed by atoms with Crippen molar-refractivity contribution in [1.29, 1.82) is 0 Å². The van der Waals surface area contributed by atoms with Gasteiger partial charge in [0.2, 0.25) is 10.0 Å². The van der Waals surface area contributed by atoms with E-state index in [-0.39, 0.29) is 4.90 Å². The molecule has 0 radical (unpaired) electrons. The molecule has 31 heavy (non-hydrogen) atoms. The molecule has 2 saturated heterocycles. The zero-order chi connectivity index (χ0) is 22.2. The van der Waals surface area contributed by atoms with Crippen LogP contribution in [0.4, 0.5) is 11.6 Å². The Morgan fingerprint density at radius 3 is 2.06 bits per heavy atom. The van der Waals surface area contributed by atoms with Crippen LogP contribution in [0.25, 0.3) is 0 Å². The number of hydrogen-bond donors (Lipinski definition) is 0. The molecule has 2 fully saturated rings. The van der Waals surface area contributed by atoms with Crippen molar-refractivity contribution >= 4 is 33.3 Å². The topological polar surface area (TPSA) is 78.9 Å². The van der Waals surface area contributed by atoms with Gasteiger partial charge in [0.15, 0.2) is 0 Å². The molecule has 2 aliphatic heterocycles. The lowest BCUT2D eigenvalue weighted by atomic mass is 10.2. The second-order valence-electron chi connectivity index (χ2n) is 7.97. The van der Waals surface area contributed by atoms with Gasteiger partial charge >= 0.3 is 0 Å². The summed E-state index contributed by atoms with van der Waals surface area (Å²) in [5.41, 5.74) is 0.773.